The maximum atomic E-state index is 13.2. The molecule has 1 aromatic heterocycles. The van der Waals surface area contributed by atoms with Crippen LogP contribution in [0.5, 0.6) is 0 Å². The summed E-state index contributed by atoms with van der Waals surface area (Å²) >= 11 is 1.25. The first-order valence-electron chi connectivity index (χ1n) is 14.8. The Balaban J connectivity index is 1.35. The molecule has 4 rings (SSSR count). The van der Waals surface area contributed by atoms with Crippen molar-refractivity contribution in [2.45, 2.75) is 62.6 Å². The summed E-state index contributed by atoms with van der Waals surface area (Å²) in [5.41, 5.74) is 2.29. The summed E-state index contributed by atoms with van der Waals surface area (Å²) in [5, 5.41) is 50.1. The number of rotatable bonds is 12. The summed E-state index contributed by atoms with van der Waals surface area (Å²) in [4.78, 5) is 53.4. The maximum absolute atomic E-state index is 13.2. The smallest absolute Gasteiger partial charge is 0.478 e. The number of carbonyl (C=O) groups is 4. The second-order valence-electron chi connectivity index (χ2n) is 11.0. The second-order valence-corrected chi connectivity index (χ2v) is 11.9. The molecule has 2 amide bonds. The summed E-state index contributed by atoms with van der Waals surface area (Å²) in [6.07, 6.45) is 5.56. The number of carboxylic acid groups (broad SMARTS) is 2. The molecule has 2 aliphatic heterocycles. The monoisotopic (exact) mass is 667 g/mol. The van der Waals surface area contributed by atoms with Gasteiger partial charge in [0.05, 0.1) is 48.2 Å². The van der Waals surface area contributed by atoms with Gasteiger partial charge in [0.1, 0.15) is 7.11 Å². The number of hydrogen-bond donors (Lipinski definition) is 6. The zero-order chi connectivity index (χ0) is 33.9. The van der Waals surface area contributed by atoms with Gasteiger partial charge in [-0.1, -0.05) is 53.7 Å². The van der Waals surface area contributed by atoms with Crippen LogP contribution in [-0.4, -0.2) is 95.2 Å². The van der Waals surface area contributed by atoms with E-state index < -0.39 is 56.2 Å². The fourth-order valence-electron chi connectivity index (χ4n) is 5.04. The Morgan fingerprint density at radius 2 is 1.57 bits per heavy atom. The van der Waals surface area contributed by atoms with E-state index in [0.717, 1.165) is 11.1 Å². The van der Waals surface area contributed by atoms with Crippen molar-refractivity contribution in [3.63, 3.8) is 0 Å². The van der Waals surface area contributed by atoms with Crippen LogP contribution in [0.1, 0.15) is 42.5 Å². The minimum absolute atomic E-state index is 0.0240. The molecule has 14 nitrogen and oxygen atoms in total. The Bertz CT molecular complexity index is 1510. The van der Waals surface area contributed by atoms with E-state index in [1.54, 1.807) is 36.4 Å². The Morgan fingerprint density at radius 1 is 0.915 bits per heavy atom. The lowest BCUT2D eigenvalue weighted by Gasteiger charge is -2.25. The highest BCUT2D eigenvalue weighted by atomic mass is 32.1. The number of hydrogen-bond acceptors (Lipinski definition) is 11. The van der Waals surface area contributed by atoms with Crippen molar-refractivity contribution >= 4 is 55.0 Å². The molecule has 2 aromatic rings. The molecule has 0 saturated carbocycles. The van der Waals surface area contributed by atoms with E-state index >= 15 is 0 Å². The minimum Gasteiger partial charge on any atom is -0.481 e. The highest BCUT2D eigenvalue weighted by Crippen LogP contribution is 2.27. The van der Waals surface area contributed by atoms with Gasteiger partial charge in [-0.05, 0) is 47.4 Å². The number of oxime groups is 1. The molecule has 4 atom stereocenters. The number of thiophene rings is 1. The highest BCUT2D eigenvalue weighted by Gasteiger charge is 2.34. The lowest BCUT2D eigenvalue weighted by Crippen LogP contribution is -2.50. The van der Waals surface area contributed by atoms with Gasteiger partial charge in [0, 0.05) is 0 Å². The van der Waals surface area contributed by atoms with Gasteiger partial charge < -0.3 is 45.0 Å². The average Bonchev–Trinajstić information content (AvgIpc) is 3.42. The normalized spacial score (nSPS) is 22.4. The zero-order valence-electron chi connectivity index (χ0n) is 25.5. The van der Waals surface area contributed by atoms with Crippen LogP contribution in [-0.2, 0) is 39.7 Å². The van der Waals surface area contributed by atoms with E-state index in [0.29, 0.717) is 23.3 Å². The molecule has 0 radical (unpaired) electrons. The number of amides is 2. The first kappa shape index (κ1) is 35.6. The first-order chi connectivity index (χ1) is 22.5. The summed E-state index contributed by atoms with van der Waals surface area (Å²) in [7, 11) is -1.49. The molecule has 0 aliphatic carbocycles. The molecule has 17 heteroatoms. The molecule has 0 saturated heterocycles. The Morgan fingerprint density at radius 3 is 2.28 bits per heavy atom. The quantitative estimate of drug-likeness (QED) is 0.0823. The molecule has 47 heavy (non-hydrogen) atoms. The van der Waals surface area contributed by atoms with Crippen LogP contribution in [0.15, 0.2) is 65.2 Å². The number of aliphatic carboxylic acids is 2. The fourth-order valence-corrected chi connectivity index (χ4v) is 5.93. The van der Waals surface area contributed by atoms with Crippen LogP contribution in [0, 0.1) is 0 Å². The standard InChI is InChI=1S/C30H35B2N3O11S/c1-44-35-29(30(41)34-25-8-4-6-22(16-28(39)40)46-32(25)43)23-14-20(17-47-23)19-11-9-18(10-12-19)13-26(36)33-24-7-3-2-5-21(15-27(37)38)45-31(24)42/h2-4,6,9-12,14,17,21-22,24-25,42-43H,5,7-8,13,15-16H2,1H3,(H,33,36)(H,34,41)(H,37,38)(H,39,40)/b3-2-,35-29-/t21-,22-,24+,25+/m1/s1. The van der Waals surface area contributed by atoms with Crippen molar-refractivity contribution in [3.8, 4) is 11.1 Å². The van der Waals surface area contributed by atoms with Gasteiger partial charge in [0.15, 0.2) is 5.71 Å². The van der Waals surface area contributed by atoms with Crippen molar-refractivity contribution in [2.24, 2.45) is 5.16 Å². The SMILES string of the molecule is CO/N=C(\C(=O)N[C@H]1CC=C[C@H](CC(=O)O)OB1O)c1cc(-c2ccc(CC(=O)N[C@H]3C/C=C\C[C@H](CC(=O)O)OB3O)cc2)cs1. The van der Waals surface area contributed by atoms with Gasteiger partial charge in [0.25, 0.3) is 5.91 Å². The van der Waals surface area contributed by atoms with Crippen LogP contribution < -0.4 is 10.6 Å². The molecule has 6 N–H and O–H groups in total. The molecule has 248 valence electrons. The third-order valence-electron chi connectivity index (χ3n) is 7.35. The summed E-state index contributed by atoms with van der Waals surface area (Å²) in [5.74, 6) is -4.66. The lowest BCUT2D eigenvalue weighted by molar-refractivity contribution is -0.139. The number of carbonyl (C=O) groups excluding carboxylic acids is 2. The van der Waals surface area contributed by atoms with Crippen molar-refractivity contribution in [3.05, 3.63) is 70.5 Å². The van der Waals surface area contributed by atoms with E-state index in [2.05, 4.69) is 15.8 Å². The molecular weight excluding hydrogens is 632 g/mol. The van der Waals surface area contributed by atoms with Crippen molar-refractivity contribution < 1.29 is 53.6 Å². The van der Waals surface area contributed by atoms with Gasteiger partial charge >= 0.3 is 26.2 Å². The van der Waals surface area contributed by atoms with Crippen LogP contribution >= 0.6 is 11.3 Å². The Hall–Kier alpha value is -4.28. The molecule has 2 aliphatic rings. The van der Waals surface area contributed by atoms with Gasteiger partial charge in [-0.3, -0.25) is 19.2 Å². The van der Waals surface area contributed by atoms with E-state index in [-0.39, 0.29) is 37.3 Å². The van der Waals surface area contributed by atoms with Crippen molar-refractivity contribution in [1.82, 2.24) is 10.6 Å². The molecule has 0 unspecified atom stereocenters. The molecule has 3 heterocycles. The van der Waals surface area contributed by atoms with Crippen LogP contribution in [0.2, 0.25) is 0 Å². The van der Waals surface area contributed by atoms with Crippen LogP contribution in [0.25, 0.3) is 11.1 Å². The lowest BCUT2D eigenvalue weighted by atomic mass is 9.75. The summed E-state index contributed by atoms with van der Waals surface area (Å²) in [6.45, 7) is 0. The van der Waals surface area contributed by atoms with Crippen molar-refractivity contribution in [1.29, 1.82) is 0 Å². The number of carboxylic acids is 2. The third-order valence-corrected chi connectivity index (χ3v) is 8.29. The first-order valence-corrected chi connectivity index (χ1v) is 15.7. The molecule has 1 aromatic carbocycles. The average molecular weight is 667 g/mol. The van der Waals surface area contributed by atoms with Gasteiger partial charge in [0.2, 0.25) is 5.91 Å². The van der Waals surface area contributed by atoms with E-state index in [9.17, 15) is 29.2 Å². The maximum Gasteiger partial charge on any atom is 0.478 e. The summed E-state index contributed by atoms with van der Waals surface area (Å²) < 4.78 is 10.9. The van der Waals surface area contributed by atoms with Crippen LogP contribution in [0.3, 0.4) is 0 Å². The fraction of sp³-hybridized carbons (Fsp3) is 0.367. The topological polar surface area (TPSA) is 213 Å². The van der Waals surface area contributed by atoms with Gasteiger partial charge in [-0.2, -0.15) is 0 Å². The predicted octanol–water partition coefficient (Wildman–Crippen LogP) is 1.35. The molecule has 0 bridgehead atoms. The van der Waals surface area contributed by atoms with E-state index in [1.807, 2.05) is 17.5 Å². The number of benzene rings is 1. The summed E-state index contributed by atoms with van der Waals surface area (Å²) in [6, 6.07) is 8.99. The van der Waals surface area contributed by atoms with Crippen LogP contribution in [0.4, 0.5) is 0 Å². The zero-order valence-corrected chi connectivity index (χ0v) is 26.3. The third kappa shape index (κ3) is 10.6. The number of nitrogens with one attached hydrogen (secondary N) is 2. The Kier molecular flexibility index (Phi) is 12.9. The van der Waals surface area contributed by atoms with E-state index in [4.69, 9.17) is 24.4 Å². The number of nitrogens with zero attached hydrogens (tertiary/aromatic N) is 1. The van der Waals surface area contributed by atoms with E-state index in [1.165, 1.54) is 24.5 Å². The second kappa shape index (κ2) is 17.0. The largest absolute Gasteiger partial charge is 0.481 e. The molecule has 0 spiro atoms. The van der Waals surface area contributed by atoms with Gasteiger partial charge in [-0.15, -0.1) is 11.3 Å². The predicted molar refractivity (Wildman–Crippen MR) is 173 cm³/mol. The van der Waals surface area contributed by atoms with Gasteiger partial charge in [-0.25, -0.2) is 0 Å². The highest BCUT2D eigenvalue weighted by molar-refractivity contribution is 7.13. The molecule has 0 fully saturated rings. The minimum atomic E-state index is -1.44. The van der Waals surface area contributed by atoms with Crippen molar-refractivity contribution in [2.75, 3.05) is 7.11 Å². The Labute approximate surface area is 275 Å². The molecular formula is C30H35B2N3O11S.